The van der Waals surface area contributed by atoms with Gasteiger partial charge in [0.2, 0.25) is 0 Å². The Hall–Kier alpha value is -2.60. The van der Waals surface area contributed by atoms with E-state index in [0.717, 1.165) is 13.2 Å². The first-order valence-corrected chi connectivity index (χ1v) is 4.02. The van der Waals surface area contributed by atoms with E-state index in [1.807, 2.05) is 0 Å². The molecule has 0 unspecified atom stereocenters. The van der Waals surface area contributed by atoms with Crippen LogP contribution in [-0.2, 0) is 4.74 Å². The van der Waals surface area contributed by atoms with Crippen LogP contribution in [-0.4, -0.2) is 18.0 Å². The number of nitro benzene ring substituents is 1. The maximum atomic E-state index is 11.3. The molecule has 0 heterocycles. The monoisotopic (exact) mass is 222 g/mol. The number of hydrogen-bond acceptors (Lipinski definition) is 5. The number of esters is 1. The van der Waals surface area contributed by atoms with Gasteiger partial charge in [-0.3, -0.25) is 10.1 Å². The van der Waals surface area contributed by atoms with Crippen molar-refractivity contribution >= 4 is 17.3 Å². The highest BCUT2D eigenvalue weighted by atomic mass is 16.6. The van der Waals surface area contributed by atoms with Gasteiger partial charge in [0.15, 0.2) is 0 Å². The van der Waals surface area contributed by atoms with Gasteiger partial charge in [0.05, 0.1) is 17.6 Å². The summed E-state index contributed by atoms with van der Waals surface area (Å²) < 4.78 is 4.41. The molecule has 0 radical (unpaired) electrons. The summed E-state index contributed by atoms with van der Waals surface area (Å²) in [6.45, 7) is 0. The van der Waals surface area contributed by atoms with Crippen LogP contribution in [0.1, 0.15) is 10.4 Å². The fourth-order valence-corrected chi connectivity index (χ4v) is 1.10. The molecular weight excluding hydrogens is 216 g/mol. The largest absolute Gasteiger partial charge is 0.465 e. The second kappa shape index (κ2) is 4.76. The van der Waals surface area contributed by atoms with Crippen LogP contribution in [0.25, 0.3) is 10.4 Å². The summed E-state index contributed by atoms with van der Waals surface area (Å²) in [5, 5.41) is 13.8. The molecule has 0 fully saturated rings. The predicted octanol–water partition coefficient (Wildman–Crippen LogP) is 2.32. The normalized spacial score (nSPS) is 9.06. The molecule has 0 aliphatic rings. The highest BCUT2D eigenvalue weighted by Gasteiger charge is 2.20. The zero-order chi connectivity index (χ0) is 12.1. The van der Waals surface area contributed by atoms with E-state index in [4.69, 9.17) is 5.53 Å². The van der Waals surface area contributed by atoms with Gasteiger partial charge in [-0.25, -0.2) is 4.79 Å². The highest BCUT2D eigenvalue weighted by Crippen LogP contribution is 2.31. The molecule has 16 heavy (non-hydrogen) atoms. The Labute approximate surface area is 89.2 Å². The van der Waals surface area contributed by atoms with Gasteiger partial charge < -0.3 is 4.74 Å². The Morgan fingerprint density at radius 1 is 1.62 bits per heavy atom. The smallest absolute Gasteiger partial charge is 0.338 e. The Morgan fingerprint density at radius 3 is 2.81 bits per heavy atom. The lowest BCUT2D eigenvalue weighted by Crippen LogP contribution is -2.02. The van der Waals surface area contributed by atoms with E-state index in [1.54, 1.807) is 0 Å². The van der Waals surface area contributed by atoms with Crippen LogP contribution in [0.3, 0.4) is 0 Å². The van der Waals surface area contributed by atoms with Crippen LogP contribution < -0.4 is 0 Å². The van der Waals surface area contributed by atoms with E-state index in [1.165, 1.54) is 12.1 Å². The molecule has 8 heteroatoms. The number of nitrogens with zero attached hydrogens (tertiary/aromatic N) is 4. The Balaban J connectivity index is 3.50. The Kier molecular flexibility index (Phi) is 3.41. The van der Waals surface area contributed by atoms with Gasteiger partial charge in [-0.05, 0) is 11.6 Å². The van der Waals surface area contributed by atoms with E-state index in [2.05, 4.69) is 14.8 Å². The minimum Gasteiger partial charge on any atom is -0.465 e. The summed E-state index contributed by atoms with van der Waals surface area (Å²) in [4.78, 5) is 23.6. The zero-order valence-electron chi connectivity index (χ0n) is 8.15. The lowest BCUT2D eigenvalue weighted by molar-refractivity contribution is -0.384. The molecule has 0 N–H and O–H groups in total. The molecule has 1 rings (SSSR count). The molecule has 0 atom stereocenters. The molecule has 0 saturated carbocycles. The lowest BCUT2D eigenvalue weighted by atomic mass is 10.1. The first-order valence-electron chi connectivity index (χ1n) is 4.02. The Bertz CT molecular complexity index is 493. The SMILES string of the molecule is COC(=O)c1cccc([N+](=O)[O-])c1N=[N+]=[N-]. The number of azide groups is 1. The van der Waals surface area contributed by atoms with Crippen LogP contribution in [0.5, 0.6) is 0 Å². The van der Waals surface area contributed by atoms with Crippen molar-refractivity contribution in [2.45, 2.75) is 0 Å². The van der Waals surface area contributed by atoms with Crippen molar-refractivity contribution in [3.8, 4) is 0 Å². The summed E-state index contributed by atoms with van der Waals surface area (Å²) >= 11 is 0. The van der Waals surface area contributed by atoms with E-state index in [0.29, 0.717) is 0 Å². The van der Waals surface area contributed by atoms with Gasteiger partial charge in [0.25, 0.3) is 5.69 Å². The van der Waals surface area contributed by atoms with Crippen molar-refractivity contribution in [1.82, 2.24) is 0 Å². The molecule has 0 saturated heterocycles. The van der Waals surface area contributed by atoms with Crippen LogP contribution in [0.15, 0.2) is 23.3 Å². The van der Waals surface area contributed by atoms with Crippen molar-refractivity contribution in [2.24, 2.45) is 5.11 Å². The van der Waals surface area contributed by atoms with Gasteiger partial charge >= 0.3 is 5.97 Å². The number of nitro groups is 1. The topological polar surface area (TPSA) is 118 Å². The average molecular weight is 222 g/mol. The van der Waals surface area contributed by atoms with Crippen LogP contribution in [0, 0.1) is 10.1 Å². The van der Waals surface area contributed by atoms with Crippen molar-refractivity contribution in [2.75, 3.05) is 7.11 Å². The second-order valence-corrected chi connectivity index (χ2v) is 2.61. The molecule has 1 aromatic carbocycles. The zero-order valence-corrected chi connectivity index (χ0v) is 8.15. The van der Waals surface area contributed by atoms with Crippen molar-refractivity contribution in [3.63, 3.8) is 0 Å². The summed E-state index contributed by atoms with van der Waals surface area (Å²) in [6.07, 6.45) is 0. The highest BCUT2D eigenvalue weighted by molar-refractivity contribution is 5.96. The van der Waals surface area contributed by atoms with Crippen molar-refractivity contribution in [1.29, 1.82) is 0 Å². The number of hydrogen-bond donors (Lipinski definition) is 0. The predicted molar refractivity (Wildman–Crippen MR) is 53.2 cm³/mol. The first kappa shape index (κ1) is 11.5. The van der Waals surface area contributed by atoms with E-state index < -0.39 is 16.6 Å². The molecule has 82 valence electrons. The molecule has 0 amide bonds. The van der Waals surface area contributed by atoms with E-state index in [-0.39, 0.29) is 11.3 Å². The third-order valence-electron chi connectivity index (χ3n) is 1.76. The fourth-order valence-electron chi connectivity index (χ4n) is 1.10. The standard InChI is InChI=1S/C8H6N4O4/c1-16-8(13)5-3-2-4-6(12(14)15)7(5)10-11-9/h2-4H,1H3. The van der Waals surface area contributed by atoms with Crippen LogP contribution in [0.4, 0.5) is 11.4 Å². The number of ether oxygens (including phenoxy) is 1. The Morgan fingerprint density at radius 2 is 2.31 bits per heavy atom. The second-order valence-electron chi connectivity index (χ2n) is 2.61. The summed E-state index contributed by atoms with van der Waals surface area (Å²) in [5.41, 5.74) is 7.36. The molecule has 0 spiro atoms. The first-order chi connectivity index (χ1) is 7.61. The third-order valence-corrected chi connectivity index (χ3v) is 1.76. The quantitative estimate of drug-likeness (QED) is 0.194. The maximum absolute atomic E-state index is 11.3. The van der Waals surface area contributed by atoms with E-state index >= 15 is 0 Å². The molecule has 0 aliphatic heterocycles. The molecule has 0 bridgehead atoms. The van der Waals surface area contributed by atoms with Gasteiger partial charge in [-0.1, -0.05) is 11.2 Å². The summed E-state index contributed by atoms with van der Waals surface area (Å²) in [7, 11) is 1.13. The molecular formula is C8H6N4O4. The number of rotatable bonds is 3. The maximum Gasteiger partial charge on any atom is 0.338 e. The van der Waals surface area contributed by atoms with Gasteiger partial charge in [-0.2, -0.15) is 0 Å². The molecule has 0 aliphatic carbocycles. The molecule has 8 nitrogen and oxygen atoms in total. The van der Waals surface area contributed by atoms with Crippen molar-refractivity contribution < 1.29 is 14.5 Å². The van der Waals surface area contributed by atoms with Gasteiger partial charge in [-0.15, -0.1) is 0 Å². The minimum absolute atomic E-state index is 0.144. The number of carbonyl (C=O) groups excluding carboxylic acids is 1. The third kappa shape index (κ3) is 2.07. The van der Waals surface area contributed by atoms with E-state index in [9.17, 15) is 14.9 Å². The van der Waals surface area contributed by atoms with Crippen LogP contribution in [0.2, 0.25) is 0 Å². The molecule has 1 aromatic rings. The number of benzene rings is 1. The number of carbonyl (C=O) groups is 1. The van der Waals surface area contributed by atoms with Crippen LogP contribution >= 0.6 is 0 Å². The van der Waals surface area contributed by atoms with Gasteiger partial charge in [0, 0.05) is 11.0 Å². The van der Waals surface area contributed by atoms with Crippen molar-refractivity contribution in [3.05, 3.63) is 44.3 Å². The summed E-state index contributed by atoms with van der Waals surface area (Å²) in [6, 6.07) is 3.72. The number of methoxy groups -OCH3 is 1. The average Bonchev–Trinajstić information content (AvgIpc) is 2.28. The lowest BCUT2D eigenvalue weighted by Gasteiger charge is -2.02. The fraction of sp³-hybridized carbons (Fsp3) is 0.125. The van der Waals surface area contributed by atoms with Gasteiger partial charge in [0.1, 0.15) is 5.69 Å². The minimum atomic E-state index is -0.800. The molecule has 0 aromatic heterocycles. The summed E-state index contributed by atoms with van der Waals surface area (Å²) in [5.74, 6) is -0.800.